The Balaban J connectivity index is 1.69. The molecule has 0 saturated heterocycles. The molecule has 2 atom stereocenters. The van der Waals surface area contributed by atoms with Gasteiger partial charge in [-0.1, -0.05) is 127 Å². The van der Waals surface area contributed by atoms with E-state index in [1.54, 1.807) is 24.3 Å². The van der Waals surface area contributed by atoms with Crippen molar-refractivity contribution in [2.45, 2.75) is 29.9 Å². The first-order valence-corrected chi connectivity index (χ1v) is 15.8. The van der Waals surface area contributed by atoms with Gasteiger partial charge in [-0.05, 0) is 22.3 Å². The van der Waals surface area contributed by atoms with Gasteiger partial charge in [-0.25, -0.2) is 19.7 Å². The molecule has 0 aliphatic rings. The van der Waals surface area contributed by atoms with E-state index in [0.29, 0.717) is 0 Å². The molecule has 3 amide bonds. The maximum Gasteiger partial charge on any atom is 0.408 e. The van der Waals surface area contributed by atoms with Crippen molar-refractivity contribution >= 4 is 35.6 Å². The summed E-state index contributed by atoms with van der Waals surface area (Å²) in [6.45, 7) is -0.0675. The third-order valence-electron chi connectivity index (χ3n) is 7.24. The summed E-state index contributed by atoms with van der Waals surface area (Å²) in [5.41, 5.74) is 4.89. The number of methoxy groups -OCH3 is 1. The summed E-state index contributed by atoms with van der Waals surface area (Å²) < 4.78 is 9.27. The van der Waals surface area contributed by atoms with Crippen LogP contribution in [0.15, 0.2) is 121 Å². The lowest BCUT2D eigenvalue weighted by Gasteiger charge is -2.36. The molecule has 3 N–H and O–H groups in total. The van der Waals surface area contributed by atoms with Gasteiger partial charge in [0.05, 0.1) is 18.3 Å². The summed E-state index contributed by atoms with van der Waals surface area (Å²) in [6, 6.07) is 35.1. The van der Waals surface area contributed by atoms with Crippen molar-refractivity contribution in [1.29, 1.82) is 0 Å². The SMILES string of the molecule is COC(=O)[C@@H](CC(=O)N[N+](=O)[O-])NC(=O)[C@H](CSC(c1ccccc1)(c1ccccc1)c1ccccc1)NC(=O)OCc1ccccc1. The summed E-state index contributed by atoms with van der Waals surface area (Å²) in [5.74, 6) is -3.02. The fourth-order valence-corrected chi connectivity index (χ4v) is 6.57. The molecule has 4 aromatic carbocycles. The van der Waals surface area contributed by atoms with Gasteiger partial charge in [-0.2, -0.15) is 0 Å². The lowest BCUT2D eigenvalue weighted by Crippen LogP contribution is -2.54. The second-order valence-electron chi connectivity index (χ2n) is 10.4. The third-order valence-corrected chi connectivity index (χ3v) is 8.88. The molecule has 12 nitrogen and oxygen atoms in total. The van der Waals surface area contributed by atoms with E-state index >= 15 is 0 Å². The number of nitrogens with zero attached hydrogens (tertiary/aromatic N) is 1. The van der Waals surface area contributed by atoms with Crippen LogP contribution in [0.3, 0.4) is 0 Å². The lowest BCUT2D eigenvalue weighted by molar-refractivity contribution is -0.530. The van der Waals surface area contributed by atoms with Crippen LogP contribution < -0.4 is 16.1 Å². The molecule has 0 aliphatic carbocycles. The van der Waals surface area contributed by atoms with Crippen molar-refractivity contribution in [1.82, 2.24) is 16.1 Å². The Morgan fingerprint density at radius 1 is 0.750 bits per heavy atom. The van der Waals surface area contributed by atoms with Crippen LogP contribution in [0.4, 0.5) is 4.79 Å². The summed E-state index contributed by atoms with van der Waals surface area (Å²) >= 11 is 1.37. The molecule has 0 bridgehead atoms. The number of rotatable bonds is 15. The number of benzene rings is 4. The molecular weight excluding hydrogens is 636 g/mol. The Morgan fingerprint density at radius 2 is 1.23 bits per heavy atom. The summed E-state index contributed by atoms with van der Waals surface area (Å²) in [6.07, 6.45) is -1.68. The van der Waals surface area contributed by atoms with E-state index in [1.807, 2.05) is 97.1 Å². The van der Waals surface area contributed by atoms with E-state index in [9.17, 15) is 29.3 Å². The number of ether oxygens (including phenoxy) is 2. The van der Waals surface area contributed by atoms with Crippen LogP contribution in [0.25, 0.3) is 0 Å². The predicted molar refractivity (Wildman–Crippen MR) is 179 cm³/mol. The minimum absolute atomic E-state index is 0.0417. The van der Waals surface area contributed by atoms with Gasteiger partial charge in [0.1, 0.15) is 18.7 Å². The molecule has 0 unspecified atom stereocenters. The number of alkyl carbamates (subject to hydrolysis) is 1. The maximum absolute atomic E-state index is 13.8. The van der Waals surface area contributed by atoms with Crippen molar-refractivity contribution in [3.63, 3.8) is 0 Å². The number of hydrogen-bond acceptors (Lipinski definition) is 9. The molecule has 0 radical (unpaired) electrons. The zero-order valence-electron chi connectivity index (χ0n) is 25.9. The zero-order chi connectivity index (χ0) is 34.4. The largest absolute Gasteiger partial charge is 0.467 e. The van der Waals surface area contributed by atoms with Gasteiger partial charge in [0.25, 0.3) is 5.91 Å². The number of nitrogens with one attached hydrogen (secondary N) is 3. The highest BCUT2D eigenvalue weighted by Gasteiger charge is 2.39. The fourth-order valence-electron chi connectivity index (χ4n) is 5.01. The summed E-state index contributed by atoms with van der Waals surface area (Å²) in [4.78, 5) is 62.4. The van der Waals surface area contributed by atoms with Crippen LogP contribution in [0, 0.1) is 10.1 Å². The number of amides is 3. The molecule has 0 aromatic heterocycles. The van der Waals surface area contributed by atoms with Gasteiger partial charge < -0.3 is 20.1 Å². The summed E-state index contributed by atoms with van der Waals surface area (Å²) in [5, 5.41) is 14.7. The van der Waals surface area contributed by atoms with Crippen molar-refractivity contribution in [2.75, 3.05) is 12.9 Å². The molecule has 0 fully saturated rings. The average molecular weight is 671 g/mol. The minimum atomic E-state index is -1.58. The van der Waals surface area contributed by atoms with E-state index in [0.717, 1.165) is 29.4 Å². The first kappa shape index (κ1) is 35.2. The molecule has 0 spiro atoms. The molecule has 0 heterocycles. The van der Waals surface area contributed by atoms with E-state index in [2.05, 4.69) is 10.6 Å². The van der Waals surface area contributed by atoms with Gasteiger partial charge in [0.15, 0.2) is 5.03 Å². The number of hydrogen-bond donors (Lipinski definition) is 3. The van der Waals surface area contributed by atoms with Crippen molar-refractivity contribution < 1.29 is 33.7 Å². The minimum Gasteiger partial charge on any atom is -0.467 e. The van der Waals surface area contributed by atoms with E-state index in [4.69, 9.17) is 9.47 Å². The lowest BCUT2D eigenvalue weighted by atomic mass is 9.84. The first-order valence-electron chi connectivity index (χ1n) is 14.8. The topological polar surface area (TPSA) is 166 Å². The Morgan fingerprint density at radius 3 is 1.69 bits per heavy atom. The van der Waals surface area contributed by atoms with Gasteiger partial charge in [-0.15, -0.1) is 11.8 Å². The third kappa shape index (κ3) is 9.42. The zero-order valence-corrected chi connectivity index (χ0v) is 26.8. The number of carbonyl (C=O) groups is 4. The van der Waals surface area contributed by atoms with Crippen molar-refractivity contribution in [3.8, 4) is 0 Å². The number of carbonyl (C=O) groups excluding carboxylic acids is 4. The van der Waals surface area contributed by atoms with Crippen LogP contribution in [0.1, 0.15) is 28.7 Å². The van der Waals surface area contributed by atoms with Crippen LogP contribution >= 0.6 is 11.8 Å². The second-order valence-corrected chi connectivity index (χ2v) is 11.7. The quantitative estimate of drug-likeness (QED) is 0.0721. The molecule has 13 heteroatoms. The van der Waals surface area contributed by atoms with Gasteiger partial charge in [-0.3, -0.25) is 9.59 Å². The van der Waals surface area contributed by atoms with E-state index < -0.39 is 52.2 Å². The van der Waals surface area contributed by atoms with Crippen molar-refractivity contribution in [2.24, 2.45) is 0 Å². The van der Waals surface area contributed by atoms with Crippen LogP contribution in [0.5, 0.6) is 0 Å². The van der Waals surface area contributed by atoms with Gasteiger partial charge in [0, 0.05) is 5.75 Å². The molecule has 48 heavy (non-hydrogen) atoms. The van der Waals surface area contributed by atoms with Gasteiger partial charge in [0.2, 0.25) is 5.91 Å². The summed E-state index contributed by atoms with van der Waals surface area (Å²) in [7, 11) is 1.05. The Hall–Kier alpha value is -5.69. The second kappa shape index (κ2) is 17.3. The highest BCUT2D eigenvalue weighted by atomic mass is 32.2. The van der Waals surface area contributed by atoms with E-state index in [1.165, 1.54) is 17.2 Å². The van der Waals surface area contributed by atoms with Crippen LogP contribution in [-0.4, -0.2) is 53.9 Å². The van der Waals surface area contributed by atoms with E-state index in [-0.39, 0.29) is 12.4 Å². The number of nitro groups is 1. The van der Waals surface area contributed by atoms with Gasteiger partial charge >= 0.3 is 12.1 Å². The molecular formula is C35H34N4O8S. The normalized spacial score (nSPS) is 12.1. The first-order chi connectivity index (χ1) is 23.2. The molecule has 0 saturated carbocycles. The Kier molecular flexibility index (Phi) is 12.7. The van der Waals surface area contributed by atoms with Crippen molar-refractivity contribution in [3.05, 3.63) is 154 Å². The smallest absolute Gasteiger partial charge is 0.408 e. The predicted octanol–water partition coefficient (Wildman–Crippen LogP) is 4.36. The number of esters is 1. The maximum atomic E-state index is 13.8. The van der Waals surface area contributed by atoms with Crippen LogP contribution in [0.2, 0.25) is 0 Å². The highest BCUT2D eigenvalue weighted by molar-refractivity contribution is 8.00. The number of hydrazine groups is 1. The molecule has 4 rings (SSSR count). The Bertz CT molecular complexity index is 1580. The molecule has 248 valence electrons. The standard InChI is InChI=1S/C35H34N4O8S/c1-46-33(42)29(22-31(40)38-39(44)45)36-32(41)30(37-34(43)47-23-25-14-6-2-7-15-25)24-48-35(26-16-8-3-9-17-26,27-18-10-4-11-19-27)28-20-12-5-13-21-28/h2-21,29-30H,22-24H2,1H3,(H,36,41)(H,37,43)(H,38,40)/t29-,30+/m1/s1. The molecule has 4 aromatic rings. The fraction of sp³-hybridized carbons (Fsp3) is 0.200. The highest BCUT2D eigenvalue weighted by Crippen LogP contribution is 2.48. The average Bonchev–Trinajstić information content (AvgIpc) is 3.11. The van der Waals surface area contributed by atoms with Crippen LogP contribution in [-0.2, 0) is 35.2 Å². The molecule has 0 aliphatic heterocycles. The monoisotopic (exact) mass is 670 g/mol. The number of thioether (sulfide) groups is 1. The Labute approximate surface area is 281 Å².